The number of hydrogen-bond donors (Lipinski definition) is 1. The Labute approximate surface area is 120 Å². The van der Waals surface area contributed by atoms with Gasteiger partial charge in [0.15, 0.2) is 0 Å². The van der Waals surface area contributed by atoms with Crippen molar-refractivity contribution in [1.82, 2.24) is 9.80 Å². The Balaban J connectivity index is 1.94. The average Bonchev–Trinajstić information content (AvgIpc) is 2.46. The van der Waals surface area contributed by atoms with Gasteiger partial charge in [0.1, 0.15) is 0 Å². The lowest BCUT2D eigenvalue weighted by molar-refractivity contribution is -0.138. The van der Waals surface area contributed by atoms with E-state index in [2.05, 4.69) is 6.92 Å². The molecule has 5 nitrogen and oxygen atoms in total. The van der Waals surface area contributed by atoms with Crippen LogP contribution in [0.1, 0.15) is 51.9 Å². The lowest BCUT2D eigenvalue weighted by Gasteiger charge is -2.40. The molecule has 0 saturated carbocycles. The molecule has 0 aromatic rings. The first-order valence-electron chi connectivity index (χ1n) is 7.89. The molecule has 2 aliphatic rings. The molecule has 0 spiro atoms. The minimum Gasteiger partial charge on any atom is -0.481 e. The van der Waals surface area contributed by atoms with E-state index in [4.69, 9.17) is 5.11 Å². The van der Waals surface area contributed by atoms with Crippen molar-refractivity contribution in [3.8, 4) is 0 Å². The Bertz CT molecular complexity index is 351. The maximum absolute atomic E-state index is 12.6. The van der Waals surface area contributed by atoms with Crippen molar-refractivity contribution in [1.29, 1.82) is 0 Å². The van der Waals surface area contributed by atoms with Gasteiger partial charge in [-0.05, 0) is 38.0 Å². The van der Waals surface area contributed by atoms with Crippen molar-refractivity contribution in [3.05, 3.63) is 0 Å². The number of amides is 2. The summed E-state index contributed by atoms with van der Waals surface area (Å²) < 4.78 is 0. The summed E-state index contributed by atoms with van der Waals surface area (Å²) in [6.07, 6.45) is 6.28. The molecule has 114 valence electrons. The molecule has 5 heteroatoms. The first-order valence-corrected chi connectivity index (χ1v) is 7.89. The SMILES string of the molecule is CCC1CCN(C(=O)N2CCCCC2CC(=O)O)CC1. The van der Waals surface area contributed by atoms with Crippen LogP contribution in [0.4, 0.5) is 4.79 Å². The normalized spacial score (nSPS) is 24.8. The van der Waals surface area contributed by atoms with E-state index in [-0.39, 0.29) is 18.5 Å². The summed E-state index contributed by atoms with van der Waals surface area (Å²) in [6.45, 7) is 4.57. The van der Waals surface area contributed by atoms with E-state index in [1.807, 2.05) is 9.80 Å². The molecule has 0 radical (unpaired) electrons. The van der Waals surface area contributed by atoms with Gasteiger partial charge in [0, 0.05) is 25.7 Å². The molecule has 0 aliphatic carbocycles. The average molecular weight is 282 g/mol. The molecule has 20 heavy (non-hydrogen) atoms. The van der Waals surface area contributed by atoms with E-state index in [9.17, 15) is 9.59 Å². The molecule has 2 aliphatic heterocycles. The number of piperidine rings is 2. The highest BCUT2D eigenvalue weighted by atomic mass is 16.4. The Hall–Kier alpha value is -1.26. The summed E-state index contributed by atoms with van der Waals surface area (Å²) in [5.41, 5.74) is 0. The molecule has 2 amide bonds. The van der Waals surface area contributed by atoms with Gasteiger partial charge in [0.05, 0.1) is 6.42 Å². The molecule has 0 aromatic carbocycles. The monoisotopic (exact) mass is 282 g/mol. The highest BCUT2D eigenvalue weighted by molar-refractivity contribution is 5.76. The predicted octanol–water partition coefficient (Wildman–Crippen LogP) is 2.56. The molecule has 2 fully saturated rings. The standard InChI is InChI=1S/C15H26N2O3/c1-2-12-6-9-16(10-7-12)15(20)17-8-4-3-5-13(17)11-14(18)19/h12-13H,2-11H2,1H3,(H,18,19). The number of carbonyl (C=O) groups excluding carboxylic acids is 1. The van der Waals surface area contributed by atoms with Crippen molar-refractivity contribution < 1.29 is 14.7 Å². The lowest BCUT2D eigenvalue weighted by atomic mass is 9.94. The van der Waals surface area contributed by atoms with Crippen molar-refractivity contribution in [3.63, 3.8) is 0 Å². The molecule has 1 unspecified atom stereocenters. The molecular formula is C15H26N2O3. The zero-order chi connectivity index (χ0) is 14.5. The van der Waals surface area contributed by atoms with Crippen LogP contribution in [0.2, 0.25) is 0 Å². The van der Waals surface area contributed by atoms with Crippen LogP contribution in [0.3, 0.4) is 0 Å². The van der Waals surface area contributed by atoms with Gasteiger partial charge in [-0.1, -0.05) is 13.3 Å². The minimum absolute atomic E-state index is 0.0607. The van der Waals surface area contributed by atoms with Crippen LogP contribution in [0.5, 0.6) is 0 Å². The lowest BCUT2D eigenvalue weighted by Crippen LogP contribution is -2.52. The molecule has 2 saturated heterocycles. The maximum Gasteiger partial charge on any atom is 0.320 e. The number of carboxylic acid groups (broad SMARTS) is 1. The topological polar surface area (TPSA) is 60.9 Å². The molecule has 0 aromatic heterocycles. The summed E-state index contributed by atoms with van der Waals surface area (Å²) in [4.78, 5) is 27.3. The Morgan fingerprint density at radius 2 is 1.80 bits per heavy atom. The molecule has 1 atom stereocenters. The molecule has 0 bridgehead atoms. The largest absolute Gasteiger partial charge is 0.481 e. The van der Waals surface area contributed by atoms with Crippen LogP contribution in [0.15, 0.2) is 0 Å². The maximum atomic E-state index is 12.6. The molecular weight excluding hydrogens is 256 g/mol. The van der Waals surface area contributed by atoms with Crippen molar-refractivity contribution in [2.24, 2.45) is 5.92 Å². The predicted molar refractivity (Wildman–Crippen MR) is 76.6 cm³/mol. The van der Waals surface area contributed by atoms with Crippen molar-refractivity contribution in [2.45, 2.75) is 57.9 Å². The van der Waals surface area contributed by atoms with Crippen LogP contribution >= 0.6 is 0 Å². The number of nitrogens with zero attached hydrogens (tertiary/aromatic N) is 2. The highest BCUT2D eigenvalue weighted by Gasteiger charge is 2.32. The van der Waals surface area contributed by atoms with Gasteiger partial charge in [0.2, 0.25) is 0 Å². The Kier molecular flexibility index (Phi) is 5.26. The quantitative estimate of drug-likeness (QED) is 0.865. The fourth-order valence-corrected chi connectivity index (χ4v) is 3.38. The summed E-state index contributed by atoms with van der Waals surface area (Å²) in [5, 5.41) is 8.99. The molecule has 2 heterocycles. The van der Waals surface area contributed by atoms with E-state index in [1.165, 1.54) is 6.42 Å². The Morgan fingerprint density at radius 1 is 1.10 bits per heavy atom. The second kappa shape index (κ2) is 6.95. The number of carboxylic acids is 1. The first-order chi connectivity index (χ1) is 9.61. The summed E-state index contributed by atoms with van der Waals surface area (Å²) in [5.74, 6) is -0.0605. The second-order valence-corrected chi connectivity index (χ2v) is 6.06. The van der Waals surface area contributed by atoms with E-state index in [0.717, 1.165) is 51.1 Å². The van der Waals surface area contributed by atoms with Gasteiger partial charge < -0.3 is 14.9 Å². The fourth-order valence-electron chi connectivity index (χ4n) is 3.38. The van der Waals surface area contributed by atoms with Gasteiger partial charge in [-0.2, -0.15) is 0 Å². The first kappa shape index (κ1) is 15.1. The number of urea groups is 1. The third-order valence-corrected chi connectivity index (χ3v) is 4.75. The third kappa shape index (κ3) is 3.64. The number of likely N-dealkylation sites (tertiary alicyclic amines) is 2. The van der Waals surface area contributed by atoms with E-state index >= 15 is 0 Å². The van der Waals surface area contributed by atoms with Crippen LogP contribution < -0.4 is 0 Å². The van der Waals surface area contributed by atoms with Gasteiger partial charge in [-0.25, -0.2) is 4.79 Å². The summed E-state index contributed by atoms with van der Waals surface area (Å²) >= 11 is 0. The zero-order valence-electron chi connectivity index (χ0n) is 12.4. The number of carbonyl (C=O) groups is 2. The highest BCUT2D eigenvalue weighted by Crippen LogP contribution is 2.25. The number of hydrogen-bond acceptors (Lipinski definition) is 2. The van der Waals surface area contributed by atoms with Crippen LogP contribution in [0, 0.1) is 5.92 Å². The fraction of sp³-hybridized carbons (Fsp3) is 0.867. The zero-order valence-corrected chi connectivity index (χ0v) is 12.4. The van der Waals surface area contributed by atoms with Gasteiger partial charge >= 0.3 is 12.0 Å². The van der Waals surface area contributed by atoms with E-state index in [0.29, 0.717) is 6.54 Å². The van der Waals surface area contributed by atoms with Crippen molar-refractivity contribution in [2.75, 3.05) is 19.6 Å². The third-order valence-electron chi connectivity index (χ3n) is 4.75. The van der Waals surface area contributed by atoms with Gasteiger partial charge in [0.25, 0.3) is 0 Å². The van der Waals surface area contributed by atoms with Gasteiger partial charge in [-0.15, -0.1) is 0 Å². The summed E-state index contributed by atoms with van der Waals surface area (Å²) in [7, 11) is 0. The van der Waals surface area contributed by atoms with E-state index < -0.39 is 5.97 Å². The number of aliphatic carboxylic acids is 1. The van der Waals surface area contributed by atoms with Crippen LogP contribution in [-0.4, -0.2) is 52.6 Å². The number of rotatable bonds is 3. The van der Waals surface area contributed by atoms with Gasteiger partial charge in [-0.3, -0.25) is 4.79 Å². The molecule has 2 rings (SSSR count). The molecule has 1 N–H and O–H groups in total. The summed E-state index contributed by atoms with van der Waals surface area (Å²) in [6, 6.07) is -0.0526. The van der Waals surface area contributed by atoms with Crippen LogP contribution in [0.25, 0.3) is 0 Å². The van der Waals surface area contributed by atoms with E-state index in [1.54, 1.807) is 0 Å². The smallest absolute Gasteiger partial charge is 0.320 e. The van der Waals surface area contributed by atoms with Crippen molar-refractivity contribution >= 4 is 12.0 Å². The Morgan fingerprint density at radius 3 is 2.40 bits per heavy atom. The minimum atomic E-state index is -0.806. The second-order valence-electron chi connectivity index (χ2n) is 6.06. The van der Waals surface area contributed by atoms with Crippen LogP contribution in [-0.2, 0) is 4.79 Å².